The van der Waals surface area contributed by atoms with Crippen LogP contribution in [0, 0.1) is 11.8 Å². The highest BCUT2D eigenvalue weighted by Crippen LogP contribution is 2.25. The molecule has 78 valence electrons. The first-order valence-corrected chi connectivity index (χ1v) is 6.33. The van der Waals surface area contributed by atoms with Gasteiger partial charge in [-0.05, 0) is 11.8 Å². The highest BCUT2D eigenvalue weighted by atomic mass is 14.2. The molecule has 0 heteroatoms. The van der Waals surface area contributed by atoms with Crippen molar-refractivity contribution >= 4 is 0 Å². The topological polar surface area (TPSA) is 0 Å². The van der Waals surface area contributed by atoms with Gasteiger partial charge >= 0.3 is 0 Å². The van der Waals surface area contributed by atoms with Crippen molar-refractivity contribution in [1.29, 1.82) is 0 Å². The van der Waals surface area contributed by atoms with Crippen LogP contribution >= 0.6 is 0 Å². The van der Waals surface area contributed by atoms with Crippen LogP contribution in [0.5, 0.6) is 0 Å². The molecular weight excluding hydrogens is 156 g/mol. The fourth-order valence-corrected chi connectivity index (χ4v) is 2.55. The maximum Gasteiger partial charge on any atom is -0.0417 e. The highest BCUT2D eigenvalue weighted by molar-refractivity contribution is 4.63. The van der Waals surface area contributed by atoms with E-state index in [1.165, 1.54) is 57.8 Å². The molecule has 2 atom stereocenters. The molecule has 0 bridgehead atoms. The van der Waals surface area contributed by atoms with Gasteiger partial charge in [0, 0.05) is 0 Å². The second kappa shape index (κ2) is 6.45. The van der Waals surface area contributed by atoms with Crippen LogP contribution in [0.15, 0.2) is 0 Å². The molecule has 2 unspecified atom stereocenters. The van der Waals surface area contributed by atoms with Gasteiger partial charge in [0.25, 0.3) is 0 Å². The SMILES string of the molecule is CCC1CCCCCC(C)CCC1. The zero-order valence-electron chi connectivity index (χ0n) is 9.52. The Kier molecular flexibility index (Phi) is 5.50. The number of hydrogen-bond acceptors (Lipinski definition) is 0. The summed E-state index contributed by atoms with van der Waals surface area (Å²) in [5, 5.41) is 0. The summed E-state index contributed by atoms with van der Waals surface area (Å²) < 4.78 is 0. The van der Waals surface area contributed by atoms with E-state index in [1.807, 2.05) is 0 Å². The Balaban J connectivity index is 2.25. The molecule has 0 spiro atoms. The van der Waals surface area contributed by atoms with Gasteiger partial charge < -0.3 is 0 Å². The van der Waals surface area contributed by atoms with E-state index < -0.39 is 0 Å². The molecule has 0 amide bonds. The summed E-state index contributed by atoms with van der Waals surface area (Å²) >= 11 is 0. The van der Waals surface area contributed by atoms with Crippen LogP contribution in [0.2, 0.25) is 0 Å². The van der Waals surface area contributed by atoms with E-state index in [9.17, 15) is 0 Å². The summed E-state index contributed by atoms with van der Waals surface area (Å²) in [7, 11) is 0. The third-order valence-corrected chi connectivity index (χ3v) is 3.70. The number of rotatable bonds is 1. The van der Waals surface area contributed by atoms with E-state index in [0.29, 0.717) is 0 Å². The Bertz CT molecular complexity index is 117. The van der Waals surface area contributed by atoms with Crippen LogP contribution in [0.4, 0.5) is 0 Å². The number of hydrogen-bond donors (Lipinski definition) is 0. The first-order valence-electron chi connectivity index (χ1n) is 6.33. The maximum atomic E-state index is 2.43. The van der Waals surface area contributed by atoms with Crippen molar-refractivity contribution in [3.05, 3.63) is 0 Å². The second-order valence-corrected chi connectivity index (χ2v) is 4.95. The molecule has 0 heterocycles. The van der Waals surface area contributed by atoms with Gasteiger partial charge in [-0.15, -0.1) is 0 Å². The molecule has 1 rings (SSSR count). The first kappa shape index (κ1) is 11.1. The average Bonchev–Trinajstić information content (AvgIpc) is 2.15. The average molecular weight is 182 g/mol. The molecule has 0 saturated heterocycles. The highest BCUT2D eigenvalue weighted by Gasteiger charge is 2.10. The summed E-state index contributed by atoms with van der Waals surface area (Å²) in [4.78, 5) is 0. The van der Waals surface area contributed by atoms with Crippen molar-refractivity contribution in [2.24, 2.45) is 11.8 Å². The minimum absolute atomic E-state index is 0.996. The first-order chi connectivity index (χ1) is 6.33. The Hall–Kier alpha value is 0. The summed E-state index contributed by atoms with van der Waals surface area (Å²) in [5.74, 6) is 2.04. The Morgan fingerprint density at radius 2 is 1.46 bits per heavy atom. The lowest BCUT2D eigenvalue weighted by Gasteiger charge is -2.19. The predicted octanol–water partition coefficient (Wildman–Crippen LogP) is 4.78. The van der Waals surface area contributed by atoms with E-state index in [0.717, 1.165) is 11.8 Å². The van der Waals surface area contributed by atoms with Gasteiger partial charge in [0.15, 0.2) is 0 Å². The van der Waals surface area contributed by atoms with Gasteiger partial charge in [0.05, 0.1) is 0 Å². The molecule has 0 aromatic carbocycles. The third kappa shape index (κ3) is 4.69. The normalized spacial score (nSPS) is 32.8. The van der Waals surface area contributed by atoms with E-state index in [4.69, 9.17) is 0 Å². The van der Waals surface area contributed by atoms with Crippen LogP contribution in [0.25, 0.3) is 0 Å². The molecule has 1 aliphatic carbocycles. The third-order valence-electron chi connectivity index (χ3n) is 3.70. The fraction of sp³-hybridized carbons (Fsp3) is 1.00. The van der Waals surface area contributed by atoms with Crippen LogP contribution in [0.1, 0.15) is 71.6 Å². The fourth-order valence-electron chi connectivity index (χ4n) is 2.55. The molecule has 0 aliphatic heterocycles. The largest absolute Gasteiger partial charge is 0.0651 e. The van der Waals surface area contributed by atoms with Gasteiger partial charge in [-0.2, -0.15) is 0 Å². The van der Waals surface area contributed by atoms with E-state index in [1.54, 1.807) is 0 Å². The molecular formula is C13H26. The minimum Gasteiger partial charge on any atom is -0.0651 e. The molecule has 0 radical (unpaired) electrons. The van der Waals surface area contributed by atoms with Crippen LogP contribution in [0.3, 0.4) is 0 Å². The molecule has 0 nitrogen and oxygen atoms in total. The Morgan fingerprint density at radius 1 is 0.846 bits per heavy atom. The lowest BCUT2D eigenvalue weighted by molar-refractivity contribution is 0.346. The van der Waals surface area contributed by atoms with Crippen molar-refractivity contribution in [3.63, 3.8) is 0 Å². The molecule has 0 aromatic heterocycles. The standard InChI is InChI=1S/C13H26/c1-3-13-10-6-4-5-8-12(2)9-7-11-13/h12-13H,3-11H2,1-2H3. The lowest BCUT2D eigenvalue weighted by atomic mass is 9.87. The van der Waals surface area contributed by atoms with Crippen LogP contribution in [-0.4, -0.2) is 0 Å². The van der Waals surface area contributed by atoms with Gasteiger partial charge in [-0.3, -0.25) is 0 Å². The van der Waals surface area contributed by atoms with E-state index >= 15 is 0 Å². The van der Waals surface area contributed by atoms with Crippen molar-refractivity contribution < 1.29 is 0 Å². The van der Waals surface area contributed by atoms with E-state index in [-0.39, 0.29) is 0 Å². The lowest BCUT2D eigenvalue weighted by Crippen LogP contribution is -2.04. The molecule has 1 fully saturated rings. The monoisotopic (exact) mass is 182 g/mol. The summed E-state index contributed by atoms with van der Waals surface area (Å²) in [6.07, 6.45) is 13.3. The van der Waals surface area contributed by atoms with Crippen molar-refractivity contribution in [2.45, 2.75) is 71.6 Å². The van der Waals surface area contributed by atoms with Crippen molar-refractivity contribution in [2.75, 3.05) is 0 Å². The zero-order chi connectivity index (χ0) is 9.52. The quantitative estimate of drug-likeness (QED) is 0.547. The zero-order valence-corrected chi connectivity index (χ0v) is 9.52. The summed E-state index contributed by atoms with van der Waals surface area (Å²) in [6, 6.07) is 0. The maximum absolute atomic E-state index is 2.43. The van der Waals surface area contributed by atoms with Gasteiger partial charge in [0.1, 0.15) is 0 Å². The minimum atomic E-state index is 0.996. The van der Waals surface area contributed by atoms with Gasteiger partial charge in [0.2, 0.25) is 0 Å². The van der Waals surface area contributed by atoms with Crippen molar-refractivity contribution in [3.8, 4) is 0 Å². The molecule has 13 heavy (non-hydrogen) atoms. The van der Waals surface area contributed by atoms with Crippen molar-refractivity contribution in [1.82, 2.24) is 0 Å². The smallest absolute Gasteiger partial charge is 0.0417 e. The molecule has 1 saturated carbocycles. The van der Waals surface area contributed by atoms with Crippen LogP contribution < -0.4 is 0 Å². The molecule has 1 aliphatic rings. The molecule has 0 aromatic rings. The summed E-state index contributed by atoms with van der Waals surface area (Å²) in [5.41, 5.74) is 0. The summed E-state index contributed by atoms with van der Waals surface area (Å²) in [6.45, 7) is 4.79. The Morgan fingerprint density at radius 3 is 2.23 bits per heavy atom. The van der Waals surface area contributed by atoms with Crippen LogP contribution in [-0.2, 0) is 0 Å². The van der Waals surface area contributed by atoms with Gasteiger partial charge in [-0.1, -0.05) is 71.6 Å². The second-order valence-electron chi connectivity index (χ2n) is 4.95. The van der Waals surface area contributed by atoms with Gasteiger partial charge in [-0.25, -0.2) is 0 Å². The van der Waals surface area contributed by atoms with E-state index in [2.05, 4.69) is 13.8 Å². The Labute approximate surface area is 84.1 Å². The predicted molar refractivity (Wildman–Crippen MR) is 59.9 cm³/mol. The molecule has 0 N–H and O–H groups in total.